The van der Waals surface area contributed by atoms with Gasteiger partial charge in [-0.15, -0.1) is 5.10 Å². The second-order valence-corrected chi connectivity index (χ2v) is 7.81. The zero-order valence-electron chi connectivity index (χ0n) is 17.3. The normalized spacial score (nSPS) is 18.8. The van der Waals surface area contributed by atoms with E-state index in [2.05, 4.69) is 22.2 Å². The van der Waals surface area contributed by atoms with E-state index in [0.29, 0.717) is 12.1 Å². The Labute approximate surface area is 180 Å². The fraction of sp³-hybridized carbons (Fsp3) is 0.250. The first-order valence-corrected chi connectivity index (χ1v) is 10.5. The van der Waals surface area contributed by atoms with E-state index >= 15 is 0 Å². The molecule has 3 heterocycles. The Balaban J connectivity index is 1.40. The summed E-state index contributed by atoms with van der Waals surface area (Å²) >= 11 is 0. The SMILES string of the molecule is C[C@H]1CC[C@H](Oc2cccc3ncccc23)CN1C(=O)c1ccccc1-n1ccnn1. The lowest BCUT2D eigenvalue weighted by Crippen LogP contribution is -2.49. The van der Waals surface area contributed by atoms with Crippen LogP contribution in [0.2, 0.25) is 0 Å². The standard InChI is InChI=1S/C24H23N5O2/c1-17-11-12-18(31-23-10-4-8-21-19(23)7-5-13-25-21)16-28(17)24(30)20-6-2-3-9-22(20)29-15-14-26-27-29/h2-10,13-15,17-18H,11-12,16H2,1H3/t17-,18-/m0/s1. The maximum Gasteiger partial charge on any atom is 0.256 e. The van der Waals surface area contributed by atoms with Crippen molar-refractivity contribution in [3.05, 3.63) is 78.8 Å². The average molecular weight is 413 g/mol. The molecule has 0 unspecified atom stereocenters. The zero-order chi connectivity index (χ0) is 21.2. The minimum absolute atomic E-state index is 0.0218. The fourth-order valence-corrected chi connectivity index (χ4v) is 4.16. The minimum Gasteiger partial charge on any atom is -0.488 e. The van der Waals surface area contributed by atoms with Crippen molar-refractivity contribution >= 4 is 16.8 Å². The summed E-state index contributed by atoms with van der Waals surface area (Å²) in [5.74, 6) is 0.784. The number of hydrogen-bond acceptors (Lipinski definition) is 5. The van der Waals surface area contributed by atoms with Crippen LogP contribution in [0.15, 0.2) is 73.2 Å². The van der Waals surface area contributed by atoms with E-state index in [0.717, 1.165) is 35.2 Å². The third kappa shape index (κ3) is 3.74. The van der Waals surface area contributed by atoms with Crippen LogP contribution in [0, 0.1) is 0 Å². The Hall–Kier alpha value is -3.74. The quantitative estimate of drug-likeness (QED) is 0.508. The molecule has 2 aromatic carbocycles. The van der Waals surface area contributed by atoms with Gasteiger partial charge in [-0.05, 0) is 56.2 Å². The highest BCUT2D eigenvalue weighted by atomic mass is 16.5. The van der Waals surface area contributed by atoms with Gasteiger partial charge < -0.3 is 9.64 Å². The number of carbonyl (C=O) groups is 1. The summed E-state index contributed by atoms with van der Waals surface area (Å²) in [4.78, 5) is 19.9. The molecule has 0 spiro atoms. The maximum absolute atomic E-state index is 13.5. The summed E-state index contributed by atoms with van der Waals surface area (Å²) in [5, 5.41) is 8.92. The van der Waals surface area contributed by atoms with E-state index in [-0.39, 0.29) is 18.1 Å². The van der Waals surface area contributed by atoms with Gasteiger partial charge in [0.25, 0.3) is 5.91 Å². The van der Waals surface area contributed by atoms with Crippen molar-refractivity contribution in [2.75, 3.05) is 6.54 Å². The van der Waals surface area contributed by atoms with E-state index in [1.165, 1.54) is 0 Å². The lowest BCUT2D eigenvalue weighted by molar-refractivity contribution is 0.0388. The lowest BCUT2D eigenvalue weighted by Gasteiger charge is -2.38. The van der Waals surface area contributed by atoms with Crippen LogP contribution in [-0.2, 0) is 0 Å². The molecule has 31 heavy (non-hydrogen) atoms. The number of fused-ring (bicyclic) bond motifs is 1. The number of aromatic nitrogens is 4. The van der Waals surface area contributed by atoms with Gasteiger partial charge in [0, 0.05) is 17.6 Å². The minimum atomic E-state index is -0.0792. The van der Waals surface area contributed by atoms with Gasteiger partial charge in [0.1, 0.15) is 11.9 Å². The smallest absolute Gasteiger partial charge is 0.256 e. The van der Waals surface area contributed by atoms with Gasteiger partial charge in [-0.25, -0.2) is 4.68 Å². The largest absolute Gasteiger partial charge is 0.488 e. The van der Waals surface area contributed by atoms with Gasteiger partial charge in [0.2, 0.25) is 0 Å². The van der Waals surface area contributed by atoms with Crippen molar-refractivity contribution in [2.45, 2.75) is 31.9 Å². The highest BCUT2D eigenvalue weighted by molar-refractivity contribution is 5.98. The molecule has 0 saturated carbocycles. The predicted octanol–water partition coefficient (Wildman–Crippen LogP) is 3.89. The summed E-state index contributed by atoms with van der Waals surface area (Å²) in [7, 11) is 0. The fourth-order valence-electron chi connectivity index (χ4n) is 4.16. The number of benzene rings is 2. The van der Waals surface area contributed by atoms with E-state index in [4.69, 9.17) is 4.74 Å². The van der Waals surface area contributed by atoms with Crippen LogP contribution in [0.3, 0.4) is 0 Å². The van der Waals surface area contributed by atoms with E-state index in [1.807, 2.05) is 59.5 Å². The number of amides is 1. The molecule has 0 radical (unpaired) electrons. The van der Waals surface area contributed by atoms with Crippen LogP contribution in [-0.4, -0.2) is 49.5 Å². The molecule has 2 atom stereocenters. The number of ether oxygens (including phenoxy) is 1. The van der Waals surface area contributed by atoms with E-state index in [1.54, 1.807) is 23.3 Å². The molecule has 4 aromatic rings. The van der Waals surface area contributed by atoms with Gasteiger partial charge in [-0.3, -0.25) is 9.78 Å². The Kier molecular flexibility index (Phi) is 5.08. The third-order valence-corrected chi connectivity index (χ3v) is 5.80. The van der Waals surface area contributed by atoms with Crippen molar-refractivity contribution in [1.82, 2.24) is 24.9 Å². The lowest BCUT2D eigenvalue weighted by atomic mass is 9.99. The molecule has 1 aliphatic heterocycles. The number of carbonyl (C=O) groups excluding carboxylic acids is 1. The second-order valence-electron chi connectivity index (χ2n) is 7.81. The van der Waals surface area contributed by atoms with Crippen LogP contribution >= 0.6 is 0 Å². The monoisotopic (exact) mass is 413 g/mol. The van der Waals surface area contributed by atoms with Crippen molar-refractivity contribution in [2.24, 2.45) is 0 Å². The van der Waals surface area contributed by atoms with Crippen LogP contribution in [0.25, 0.3) is 16.6 Å². The predicted molar refractivity (Wildman–Crippen MR) is 117 cm³/mol. The van der Waals surface area contributed by atoms with Crippen LogP contribution in [0.4, 0.5) is 0 Å². The first-order chi connectivity index (χ1) is 15.2. The molecule has 156 valence electrons. The molecule has 0 bridgehead atoms. The van der Waals surface area contributed by atoms with Crippen LogP contribution in [0.5, 0.6) is 5.75 Å². The molecule has 2 aromatic heterocycles. The highest BCUT2D eigenvalue weighted by Crippen LogP contribution is 2.29. The highest BCUT2D eigenvalue weighted by Gasteiger charge is 2.32. The van der Waals surface area contributed by atoms with Crippen molar-refractivity contribution < 1.29 is 9.53 Å². The van der Waals surface area contributed by atoms with Crippen molar-refractivity contribution in [1.29, 1.82) is 0 Å². The molecule has 7 nitrogen and oxygen atoms in total. The Morgan fingerprint density at radius 2 is 1.94 bits per heavy atom. The van der Waals surface area contributed by atoms with Gasteiger partial charge in [-0.2, -0.15) is 0 Å². The summed E-state index contributed by atoms with van der Waals surface area (Å²) in [6.45, 7) is 2.62. The van der Waals surface area contributed by atoms with Crippen molar-refractivity contribution in [3.63, 3.8) is 0 Å². The zero-order valence-corrected chi connectivity index (χ0v) is 17.3. The molecule has 1 saturated heterocycles. The van der Waals surface area contributed by atoms with Gasteiger partial charge in [0.15, 0.2) is 0 Å². The first kappa shape index (κ1) is 19.2. The molecule has 1 amide bonds. The van der Waals surface area contributed by atoms with Crippen LogP contribution in [0.1, 0.15) is 30.1 Å². The molecular weight excluding hydrogens is 390 g/mol. The number of rotatable bonds is 4. The second kappa shape index (κ2) is 8.18. The molecule has 0 N–H and O–H groups in total. The summed E-state index contributed by atoms with van der Waals surface area (Å²) in [6.07, 6.45) is 6.82. The third-order valence-electron chi connectivity index (χ3n) is 5.80. The number of hydrogen-bond donors (Lipinski definition) is 0. The molecular formula is C24H23N5O2. The molecule has 0 aliphatic carbocycles. The van der Waals surface area contributed by atoms with Gasteiger partial charge in [0.05, 0.1) is 35.7 Å². The Bertz CT molecular complexity index is 1200. The van der Waals surface area contributed by atoms with Gasteiger partial charge >= 0.3 is 0 Å². The Morgan fingerprint density at radius 1 is 1.03 bits per heavy atom. The molecule has 7 heteroatoms. The molecule has 1 fully saturated rings. The average Bonchev–Trinajstić information content (AvgIpc) is 3.35. The van der Waals surface area contributed by atoms with E-state index in [9.17, 15) is 4.79 Å². The number of para-hydroxylation sites is 1. The number of pyridine rings is 1. The number of nitrogens with zero attached hydrogens (tertiary/aromatic N) is 5. The summed E-state index contributed by atoms with van der Waals surface area (Å²) < 4.78 is 8.00. The van der Waals surface area contributed by atoms with Crippen molar-refractivity contribution in [3.8, 4) is 11.4 Å². The summed E-state index contributed by atoms with van der Waals surface area (Å²) in [5.41, 5.74) is 2.23. The number of likely N-dealkylation sites (tertiary alicyclic amines) is 1. The van der Waals surface area contributed by atoms with E-state index < -0.39 is 0 Å². The van der Waals surface area contributed by atoms with Crippen LogP contribution < -0.4 is 4.74 Å². The van der Waals surface area contributed by atoms with Gasteiger partial charge in [-0.1, -0.05) is 23.4 Å². The first-order valence-electron chi connectivity index (χ1n) is 10.5. The molecule has 1 aliphatic rings. The molecule has 5 rings (SSSR count). The topological polar surface area (TPSA) is 73.1 Å². The Morgan fingerprint density at radius 3 is 2.81 bits per heavy atom. The summed E-state index contributed by atoms with van der Waals surface area (Å²) in [6, 6.07) is 17.4. The number of piperidine rings is 1. The maximum atomic E-state index is 13.5.